The van der Waals surface area contributed by atoms with Crippen molar-refractivity contribution in [1.29, 1.82) is 0 Å². The van der Waals surface area contributed by atoms with E-state index in [4.69, 9.17) is 4.52 Å². The van der Waals surface area contributed by atoms with Gasteiger partial charge in [0.15, 0.2) is 0 Å². The molecule has 1 aromatic carbocycles. The summed E-state index contributed by atoms with van der Waals surface area (Å²) in [5.41, 5.74) is 0. The molecule has 0 aliphatic carbocycles. The van der Waals surface area contributed by atoms with E-state index in [2.05, 4.69) is 21.1 Å². The first-order chi connectivity index (χ1) is 7.80. The Bertz CT molecular complexity index is 527. The molecule has 0 aliphatic rings. The van der Waals surface area contributed by atoms with Crippen LogP contribution in [0.5, 0.6) is 5.75 Å². The molecule has 1 rings (SSSR count). The Morgan fingerprint density at radius 1 is 1.35 bits per heavy atom. The topological polar surface area (TPSA) is 84.9 Å². The third-order valence-corrected chi connectivity index (χ3v) is 4.86. The second-order valence-corrected chi connectivity index (χ2v) is 7.68. The van der Waals surface area contributed by atoms with Crippen LogP contribution < -0.4 is 9.25 Å². The number of hydrogen-bond donors (Lipinski definition) is 2. The first-order valence-corrected chi connectivity index (χ1v) is 8.50. The largest absolute Gasteiger partial charge is 0.424 e. The Kier molecular flexibility index (Phi) is 4.65. The predicted octanol–water partition coefficient (Wildman–Crippen LogP) is 0.837. The molecule has 17 heavy (non-hydrogen) atoms. The minimum absolute atomic E-state index is 0.0935. The van der Waals surface area contributed by atoms with Crippen molar-refractivity contribution in [3.05, 3.63) is 24.3 Å². The third kappa shape index (κ3) is 4.02. The van der Waals surface area contributed by atoms with Crippen LogP contribution >= 0.6 is 6.72 Å². The summed E-state index contributed by atoms with van der Waals surface area (Å²) in [7, 11) is -0.926. The van der Waals surface area contributed by atoms with Crippen LogP contribution in [-0.2, 0) is 26.4 Å². The maximum Gasteiger partial charge on any atom is 0.377 e. The molecule has 0 amide bonds. The molecule has 1 atom stereocenters. The van der Waals surface area contributed by atoms with Gasteiger partial charge in [-0.3, -0.25) is 0 Å². The smallest absolute Gasteiger partial charge is 0.377 e. The zero-order valence-corrected chi connectivity index (χ0v) is 11.7. The Hall–Kier alpha value is -0.500. The van der Waals surface area contributed by atoms with E-state index in [1.165, 1.54) is 38.4 Å². The molecule has 0 radical (unpaired) electrons. The van der Waals surface area contributed by atoms with Gasteiger partial charge in [0.1, 0.15) is 5.75 Å². The summed E-state index contributed by atoms with van der Waals surface area (Å²) in [6, 6.07) is 5.46. The van der Waals surface area contributed by atoms with E-state index in [0.29, 0.717) is 0 Å². The fraction of sp³-hybridized carbons (Fsp3) is 0.250. The number of hydrogen-bond acceptors (Lipinski definition) is 5. The van der Waals surface area contributed by atoms with Gasteiger partial charge < -0.3 is 13.9 Å². The van der Waals surface area contributed by atoms with Gasteiger partial charge >= 0.3 is 6.72 Å². The molecule has 96 valence electrons. The molecule has 6 nitrogen and oxygen atoms in total. The fourth-order valence-corrected chi connectivity index (χ4v) is 2.42. The van der Waals surface area contributed by atoms with E-state index < -0.39 is 16.7 Å². The molecular weight excluding hydrogens is 285 g/mol. The van der Waals surface area contributed by atoms with E-state index >= 15 is 0 Å². The number of nitrogens with one attached hydrogen (secondary N) is 1. The molecular formula is C8H12NO5PS2. The van der Waals surface area contributed by atoms with Gasteiger partial charge in [-0.25, -0.2) is 13.1 Å². The molecule has 0 aliphatic heterocycles. The third-order valence-electron chi connectivity index (χ3n) is 1.85. The van der Waals surface area contributed by atoms with E-state index in [0.717, 1.165) is 0 Å². The molecule has 0 saturated heterocycles. The lowest BCUT2D eigenvalue weighted by molar-refractivity contribution is 0.313. The van der Waals surface area contributed by atoms with Crippen molar-refractivity contribution >= 4 is 28.5 Å². The molecule has 1 unspecified atom stereocenters. The van der Waals surface area contributed by atoms with Gasteiger partial charge in [-0.15, -0.1) is 0 Å². The highest BCUT2D eigenvalue weighted by Gasteiger charge is 2.15. The first-order valence-electron chi connectivity index (χ1n) is 4.42. The van der Waals surface area contributed by atoms with Crippen LogP contribution in [0.3, 0.4) is 0 Å². The van der Waals surface area contributed by atoms with Crippen molar-refractivity contribution in [2.45, 2.75) is 4.90 Å². The average Bonchev–Trinajstić information content (AvgIpc) is 2.29. The van der Waals surface area contributed by atoms with Crippen LogP contribution in [0, 0.1) is 0 Å². The second kappa shape index (κ2) is 5.43. The van der Waals surface area contributed by atoms with Crippen LogP contribution in [0.1, 0.15) is 0 Å². The van der Waals surface area contributed by atoms with Crippen molar-refractivity contribution in [3.8, 4) is 5.75 Å². The standard InChI is InChI=1S/C8H12NO5PS2/c1-9-17(11,12)8-5-3-7(4-6-8)14-15(10,16)13-2/h3-6,9H,1-2H3,(H,10,16). The van der Waals surface area contributed by atoms with E-state index in [9.17, 15) is 13.3 Å². The van der Waals surface area contributed by atoms with E-state index in [1.54, 1.807) is 0 Å². The Morgan fingerprint density at radius 2 is 1.88 bits per heavy atom. The Balaban J connectivity index is 2.94. The first kappa shape index (κ1) is 14.6. The highest BCUT2D eigenvalue weighted by molar-refractivity contribution is 8.07. The quantitative estimate of drug-likeness (QED) is 0.783. The second-order valence-electron chi connectivity index (χ2n) is 2.92. The summed E-state index contributed by atoms with van der Waals surface area (Å²) >= 11 is 4.65. The van der Waals surface area contributed by atoms with Crippen LogP contribution in [-0.4, -0.2) is 27.5 Å². The minimum atomic E-state index is -3.48. The monoisotopic (exact) mass is 297 g/mol. The number of rotatable bonds is 5. The highest BCUT2D eigenvalue weighted by atomic mass is 32.5. The molecule has 0 fully saturated rings. The lowest BCUT2D eigenvalue weighted by Crippen LogP contribution is -2.18. The molecule has 0 bridgehead atoms. The zero-order chi connectivity index (χ0) is 13.1. The molecule has 2 N–H and O–H groups in total. The van der Waals surface area contributed by atoms with Gasteiger partial charge in [0, 0.05) is 18.9 Å². The summed E-state index contributed by atoms with van der Waals surface area (Å²) in [5, 5.41) is 0. The molecule has 0 spiro atoms. The normalized spacial score (nSPS) is 15.2. The van der Waals surface area contributed by atoms with Crippen molar-refractivity contribution in [1.82, 2.24) is 4.72 Å². The van der Waals surface area contributed by atoms with Crippen LogP contribution in [0.4, 0.5) is 0 Å². The molecule has 0 aromatic heterocycles. The van der Waals surface area contributed by atoms with Gasteiger partial charge in [-0.2, -0.15) is 0 Å². The SMILES string of the molecule is CNS(=O)(=O)c1ccc(OP(O)(=S)OC)cc1. The van der Waals surface area contributed by atoms with Crippen LogP contribution in [0.2, 0.25) is 0 Å². The summed E-state index contributed by atoms with van der Waals surface area (Å²) in [5.74, 6) is 0.243. The molecule has 1 aromatic rings. The van der Waals surface area contributed by atoms with E-state index in [-0.39, 0.29) is 10.6 Å². The Morgan fingerprint density at radius 3 is 2.29 bits per heavy atom. The number of benzene rings is 1. The summed E-state index contributed by atoms with van der Waals surface area (Å²) in [4.78, 5) is 9.50. The van der Waals surface area contributed by atoms with Crippen LogP contribution in [0.25, 0.3) is 0 Å². The van der Waals surface area contributed by atoms with Crippen LogP contribution in [0.15, 0.2) is 29.2 Å². The van der Waals surface area contributed by atoms with Crippen molar-refractivity contribution < 1.29 is 22.4 Å². The van der Waals surface area contributed by atoms with E-state index in [1.807, 2.05) is 0 Å². The lowest BCUT2D eigenvalue weighted by Gasteiger charge is -2.14. The van der Waals surface area contributed by atoms with Crippen molar-refractivity contribution in [2.24, 2.45) is 0 Å². The van der Waals surface area contributed by atoms with Gasteiger partial charge in [0.05, 0.1) is 4.90 Å². The van der Waals surface area contributed by atoms with Gasteiger partial charge in [-0.1, -0.05) is 0 Å². The molecule has 0 heterocycles. The summed E-state index contributed by atoms with van der Waals surface area (Å²) < 4.78 is 34.6. The van der Waals surface area contributed by atoms with Gasteiger partial charge in [0.25, 0.3) is 0 Å². The zero-order valence-electron chi connectivity index (χ0n) is 9.15. The lowest BCUT2D eigenvalue weighted by atomic mass is 10.3. The fourth-order valence-electron chi connectivity index (χ4n) is 0.968. The van der Waals surface area contributed by atoms with Crippen molar-refractivity contribution in [3.63, 3.8) is 0 Å². The maximum absolute atomic E-state index is 11.4. The highest BCUT2D eigenvalue weighted by Crippen LogP contribution is 2.43. The maximum atomic E-state index is 11.4. The average molecular weight is 297 g/mol. The van der Waals surface area contributed by atoms with Crippen molar-refractivity contribution in [2.75, 3.05) is 14.2 Å². The minimum Gasteiger partial charge on any atom is -0.424 e. The Labute approximate surface area is 105 Å². The van der Waals surface area contributed by atoms with Gasteiger partial charge in [0.2, 0.25) is 10.0 Å². The molecule has 9 heteroatoms. The predicted molar refractivity (Wildman–Crippen MR) is 66.8 cm³/mol. The summed E-state index contributed by atoms with van der Waals surface area (Å²) in [6.07, 6.45) is 0. The molecule has 0 saturated carbocycles. The number of sulfonamides is 1. The summed E-state index contributed by atoms with van der Waals surface area (Å²) in [6.45, 7) is -3.29. The van der Waals surface area contributed by atoms with Gasteiger partial charge in [-0.05, 0) is 31.3 Å².